The number of amides is 1. The molecule has 1 aromatic carbocycles. The molecule has 2 aromatic rings. The van der Waals surface area contributed by atoms with Gasteiger partial charge in [0.25, 0.3) is 5.91 Å². The van der Waals surface area contributed by atoms with E-state index in [1.807, 2.05) is 25.2 Å². The Balaban J connectivity index is 1.73. The topological polar surface area (TPSA) is 58.1 Å². The summed E-state index contributed by atoms with van der Waals surface area (Å²) in [7, 11) is 2.03. The highest BCUT2D eigenvalue weighted by Crippen LogP contribution is 2.11. The lowest BCUT2D eigenvalue weighted by atomic mass is 10.2. The van der Waals surface area contributed by atoms with Crippen molar-refractivity contribution in [2.24, 2.45) is 0 Å². The summed E-state index contributed by atoms with van der Waals surface area (Å²) >= 11 is 1.14. The van der Waals surface area contributed by atoms with Gasteiger partial charge in [0.1, 0.15) is 4.88 Å². The second-order valence-corrected chi connectivity index (χ2v) is 6.25. The van der Waals surface area contributed by atoms with E-state index in [2.05, 4.69) is 50.7 Å². The van der Waals surface area contributed by atoms with Gasteiger partial charge >= 0.3 is 0 Å². The summed E-state index contributed by atoms with van der Waals surface area (Å²) in [5.41, 5.74) is 2.03. The van der Waals surface area contributed by atoms with Crippen molar-refractivity contribution in [3.8, 4) is 11.8 Å². The van der Waals surface area contributed by atoms with Crippen molar-refractivity contribution >= 4 is 17.4 Å². The third-order valence-corrected chi connectivity index (χ3v) is 4.12. The lowest BCUT2D eigenvalue weighted by Crippen LogP contribution is -2.24. The number of nitrogens with zero attached hydrogens (tertiary/aromatic N) is 3. The lowest BCUT2D eigenvalue weighted by molar-refractivity contribution is 0.0961. The quantitative estimate of drug-likeness (QED) is 0.785. The van der Waals surface area contributed by atoms with E-state index in [0.29, 0.717) is 18.0 Å². The number of rotatable bonds is 7. The van der Waals surface area contributed by atoms with Crippen LogP contribution in [0.25, 0.3) is 0 Å². The molecule has 1 aromatic heterocycles. The van der Waals surface area contributed by atoms with E-state index in [1.165, 1.54) is 5.56 Å². The molecule has 2 rings (SSSR count). The Morgan fingerprint density at radius 3 is 2.83 bits per heavy atom. The predicted octanol–water partition coefficient (Wildman–Crippen LogP) is 2.36. The standard InChI is InChI=1S/C18H22N4OS/c1-3-9-16-17(24-21-20-16)18(23)19-12-7-8-13-22(2)14-15-10-5-4-6-11-15/h4-6,10-11H,3,9,12-14H2,1-2H3,(H,19,23). The average Bonchev–Trinajstić information content (AvgIpc) is 3.04. The molecule has 126 valence electrons. The van der Waals surface area contributed by atoms with Crippen LogP contribution in [0.15, 0.2) is 30.3 Å². The highest BCUT2D eigenvalue weighted by atomic mass is 32.1. The summed E-state index contributed by atoms with van der Waals surface area (Å²) in [6, 6.07) is 10.3. The van der Waals surface area contributed by atoms with E-state index in [4.69, 9.17) is 0 Å². The average molecular weight is 342 g/mol. The van der Waals surface area contributed by atoms with Gasteiger partial charge in [-0.05, 0) is 30.6 Å². The zero-order valence-corrected chi connectivity index (χ0v) is 14.9. The Kier molecular flexibility index (Phi) is 7.40. The molecule has 0 aliphatic rings. The van der Waals surface area contributed by atoms with Crippen molar-refractivity contribution in [2.75, 3.05) is 20.1 Å². The first-order valence-corrected chi connectivity index (χ1v) is 8.75. The molecule has 1 amide bonds. The highest BCUT2D eigenvalue weighted by Gasteiger charge is 2.14. The van der Waals surface area contributed by atoms with Gasteiger partial charge in [-0.3, -0.25) is 9.69 Å². The molecule has 0 saturated carbocycles. The maximum Gasteiger partial charge on any atom is 0.265 e. The molecule has 0 aliphatic carbocycles. The fourth-order valence-electron chi connectivity index (χ4n) is 2.19. The number of hydrogen-bond acceptors (Lipinski definition) is 5. The first kappa shape index (κ1) is 18.1. The highest BCUT2D eigenvalue weighted by molar-refractivity contribution is 7.08. The van der Waals surface area contributed by atoms with Gasteiger partial charge in [0.15, 0.2) is 0 Å². The molecule has 0 spiro atoms. The van der Waals surface area contributed by atoms with E-state index < -0.39 is 0 Å². The van der Waals surface area contributed by atoms with Crippen LogP contribution in [0.1, 0.15) is 34.3 Å². The Bertz CT molecular complexity index is 703. The van der Waals surface area contributed by atoms with E-state index in [-0.39, 0.29) is 5.91 Å². The Hall–Kier alpha value is -2.23. The number of nitrogens with one attached hydrogen (secondary N) is 1. The van der Waals surface area contributed by atoms with Crippen LogP contribution in [0.4, 0.5) is 0 Å². The van der Waals surface area contributed by atoms with Crippen LogP contribution in [0.3, 0.4) is 0 Å². The molecule has 6 heteroatoms. The van der Waals surface area contributed by atoms with Crippen molar-refractivity contribution in [1.29, 1.82) is 0 Å². The number of aromatic nitrogens is 2. The minimum atomic E-state index is -0.139. The molecule has 0 bridgehead atoms. The first-order chi connectivity index (χ1) is 11.7. The van der Waals surface area contributed by atoms with E-state index in [9.17, 15) is 4.79 Å². The van der Waals surface area contributed by atoms with Crippen LogP contribution in [0.5, 0.6) is 0 Å². The minimum absolute atomic E-state index is 0.139. The summed E-state index contributed by atoms with van der Waals surface area (Å²) < 4.78 is 3.86. The number of carbonyl (C=O) groups excluding carboxylic acids is 1. The van der Waals surface area contributed by atoms with Crippen molar-refractivity contribution < 1.29 is 4.79 Å². The molecular formula is C18H22N4OS. The summed E-state index contributed by atoms with van der Waals surface area (Å²) in [5, 5.41) is 6.81. The van der Waals surface area contributed by atoms with E-state index >= 15 is 0 Å². The monoisotopic (exact) mass is 342 g/mol. The maximum atomic E-state index is 12.1. The molecule has 0 fully saturated rings. The third-order valence-electron chi connectivity index (χ3n) is 3.36. The largest absolute Gasteiger partial charge is 0.340 e. The van der Waals surface area contributed by atoms with Crippen LogP contribution >= 0.6 is 11.5 Å². The SMILES string of the molecule is CCCc1nnsc1C(=O)NCC#CCN(C)Cc1ccccc1. The number of benzene rings is 1. The molecule has 0 saturated heterocycles. The van der Waals surface area contributed by atoms with Crippen molar-refractivity contribution in [3.05, 3.63) is 46.5 Å². The summed E-state index contributed by atoms with van der Waals surface area (Å²) in [4.78, 5) is 14.8. The van der Waals surface area contributed by atoms with E-state index in [0.717, 1.165) is 36.6 Å². The smallest absolute Gasteiger partial charge is 0.265 e. The van der Waals surface area contributed by atoms with Crippen LogP contribution in [0, 0.1) is 11.8 Å². The van der Waals surface area contributed by atoms with Gasteiger partial charge < -0.3 is 5.32 Å². The second-order valence-electron chi connectivity index (χ2n) is 5.49. The zero-order chi connectivity index (χ0) is 17.2. The molecule has 1 N–H and O–H groups in total. The lowest BCUT2D eigenvalue weighted by Gasteiger charge is -2.12. The van der Waals surface area contributed by atoms with Crippen molar-refractivity contribution in [3.63, 3.8) is 0 Å². The van der Waals surface area contributed by atoms with Gasteiger partial charge in [0, 0.05) is 6.54 Å². The summed E-state index contributed by atoms with van der Waals surface area (Å²) in [6.45, 7) is 3.91. The molecule has 0 radical (unpaired) electrons. The van der Waals surface area contributed by atoms with Gasteiger partial charge in [-0.2, -0.15) is 0 Å². The Morgan fingerprint density at radius 1 is 1.29 bits per heavy atom. The molecule has 0 aliphatic heterocycles. The van der Waals surface area contributed by atoms with Crippen LogP contribution in [-0.2, 0) is 13.0 Å². The van der Waals surface area contributed by atoms with Gasteiger partial charge in [0.2, 0.25) is 0 Å². The van der Waals surface area contributed by atoms with Crippen molar-refractivity contribution in [1.82, 2.24) is 19.8 Å². The van der Waals surface area contributed by atoms with Gasteiger partial charge in [-0.15, -0.1) is 5.10 Å². The minimum Gasteiger partial charge on any atom is -0.340 e. The normalized spacial score (nSPS) is 10.3. The Labute approximate surface area is 147 Å². The molecule has 0 unspecified atom stereocenters. The fraction of sp³-hybridized carbons (Fsp3) is 0.389. The summed E-state index contributed by atoms with van der Waals surface area (Å²) in [5.74, 6) is 5.93. The van der Waals surface area contributed by atoms with Gasteiger partial charge in [0.05, 0.1) is 18.8 Å². The number of hydrogen-bond donors (Lipinski definition) is 1. The summed E-state index contributed by atoms with van der Waals surface area (Å²) in [6.07, 6.45) is 1.72. The van der Waals surface area contributed by atoms with Crippen LogP contribution in [-0.4, -0.2) is 40.5 Å². The second kappa shape index (κ2) is 9.81. The predicted molar refractivity (Wildman–Crippen MR) is 96.8 cm³/mol. The number of aryl methyl sites for hydroxylation is 1. The zero-order valence-electron chi connectivity index (χ0n) is 14.1. The van der Waals surface area contributed by atoms with Crippen molar-refractivity contribution in [2.45, 2.75) is 26.3 Å². The Morgan fingerprint density at radius 2 is 2.08 bits per heavy atom. The number of carbonyl (C=O) groups is 1. The molecule has 0 atom stereocenters. The molecule has 5 nitrogen and oxygen atoms in total. The van der Waals surface area contributed by atoms with E-state index in [1.54, 1.807) is 0 Å². The molecular weight excluding hydrogens is 320 g/mol. The van der Waals surface area contributed by atoms with Crippen LogP contribution in [0.2, 0.25) is 0 Å². The third kappa shape index (κ3) is 5.76. The molecule has 24 heavy (non-hydrogen) atoms. The first-order valence-electron chi connectivity index (χ1n) is 7.98. The molecule has 1 heterocycles. The van der Waals surface area contributed by atoms with Crippen LogP contribution < -0.4 is 5.32 Å². The maximum absolute atomic E-state index is 12.1. The van der Waals surface area contributed by atoms with Gasteiger partial charge in [-0.25, -0.2) is 0 Å². The fourth-order valence-corrected chi connectivity index (χ4v) is 2.81. The van der Waals surface area contributed by atoms with Gasteiger partial charge in [-0.1, -0.05) is 60.0 Å².